The van der Waals surface area contributed by atoms with Crippen LogP contribution in [-0.2, 0) is 23.0 Å². The minimum absolute atomic E-state index is 0. The van der Waals surface area contributed by atoms with Crippen LogP contribution in [0.4, 0.5) is 10.1 Å². The van der Waals surface area contributed by atoms with Gasteiger partial charge in [-0.1, -0.05) is 30.3 Å². The molecule has 0 saturated heterocycles. The van der Waals surface area contributed by atoms with Crippen molar-refractivity contribution in [2.45, 2.75) is 19.9 Å². The highest BCUT2D eigenvalue weighted by molar-refractivity contribution is 14.0. The lowest BCUT2D eigenvalue weighted by atomic mass is 10.1. The Morgan fingerprint density at radius 1 is 1.21 bits per heavy atom. The smallest absolute Gasteiger partial charge is 0.236 e. The SMILES string of the molecule is CN=C(NCCS(=O)(=O)N1CCc2ccccc21)NCc1ccc(F)c(C)c1.I. The first kappa shape index (κ1) is 23.4. The number of aliphatic imine (C=N–C) groups is 1. The molecule has 2 N–H and O–H groups in total. The van der Waals surface area contributed by atoms with Gasteiger partial charge >= 0.3 is 0 Å². The number of para-hydroxylation sites is 1. The van der Waals surface area contributed by atoms with Gasteiger partial charge in [0.05, 0.1) is 11.4 Å². The Balaban J connectivity index is 0.00000300. The summed E-state index contributed by atoms with van der Waals surface area (Å²) in [5, 5.41) is 6.14. The molecule has 1 heterocycles. The maximum Gasteiger partial charge on any atom is 0.236 e. The third-order valence-corrected chi connectivity index (χ3v) is 6.51. The second kappa shape index (κ2) is 10.2. The Labute approximate surface area is 188 Å². The van der Waals surface area contributed by atoms with Gasteiger partial charge in [-0.25, -0.2) is 12.8 Å². The Morgan fingerprint density at radius 2 is 1.97 bits per heavy atom. The molecule has 3 rings (SSSR count). The van der Waals surface area contributed by atoms with Crippen LogP contribution in [0.2, 0.25) is 0 Å². The molecule has 1 aliphatic rings. The number of hydrogen-bond acceptors (Lipinski definition) is 3. The van der Waals surface area contributed by atoms with Crippen LogP contribution in [0, 0.1) is 12.7 Å². The summed E-state index contributed by atoms with van der Waals surface area (Å²) in [5.74, 6) is 0.233. The molecule has 6 nitrogen and oxygen atoms in total. The standard InChI is InChI=1S/C20H25FN4O2S.HI/c1-15-13-16(7-8-18(15)21)14-24-20(22-2)23-10-12-28(26,27)25-11-9-17-5-3-4-6-19(17)25;/h3-8,13H,9-12,14H2,1-2H3,(H2,22,23,24);1H. The second-order valence-electron chi connectivity index (χ2n) is 6.70. The van der Waals surface area contributed by atoms with Crippen molar-refractivity contribution in [3.63, 3.8) is 0 Å². The van der Waals surface area contributed by atoms with Crippen LogP contribution in [0.1, 0.15) is 16.7 Å². The number of anilines is 1. The van der Waals surface area contributed by atoms with Crippen molar-refractivity contribution in [2.24, 2.45) is 4.99 Å². The average Bonchev–Trinajstić information content (AvgIpc) is 3.12. The quantitative estimate of drug-likeness (QED) is 0.341. The Morgan fingerprint density at radius 3 is 2.69 bits per heavy atom. The summed E-state index contributed by atoms with van der Waals surface area (Å²) in [6.45, 7) is 2.90. The largest absolute Gasteiger partial charge is 0.355 e. The fourth-order valence-corrected chi connectivity index (χ4v) is 4.66. The predicted molar refractivity (Wildman–Crippen MR) is 126 cm³/mol. The number of hydrogen-bond donors (Lipinski definition) is 2. The third-order valence-electron chi connectivity index (χ3n) is 4.74. The van der Waals surface area contributed by atoms with Crippen LogP contribution in [0.3, 0.4) is 0 Å². The molecule has 0 fully saturated rings. The van der Waals surface area contributed by atoms with E-state index in [1.165, 1.54) is 10.4 Å². The minimum Gasteiger partial charge on any atom is -0.355 e. The van der Waals surface area contributed by atoms with E-state index in [2.05, 4.69) is 15.6 Å². The van der Waals surface area contributed by atoms with Gasteiger partial charge in [0.25, 0.3) is 0 Å². The van der Waals surface area contributed by atoms with Crippen LogP contribution < -0.4 is 14.9 Å². The fourth-order valence-electron chi connectivity index (χ4n) is 3.23. The molecule has 0 radical (unpaired) electrons. The van der Waals surface area contributed by atoms with Gasteiger partial charge in [0.2, 0.25) is 10.0 Å². The molecule has 0 aromatic heterocycles. The first-order chi connectivity index (χ1) is 13.4. The Kier molecular flexibility index (Phi) is 8.26. The first-order valence-electron chi connectivity index (χ1n) is 9.18. The van der Waals surface area contributed by atoms with E-state index in [0.29, 0.717) is 24.6 Å². The summed E-state index contributed by atoms with van der Waals surface area (Å²) < 4.78 is 40.2. The number of fused-ring (bicyclic) bond motifs is 1. The van der Waals surface area contributed by atoms with Crippen LogP contribution in [0.25, 0.3) is 0 Å². The van der Waals surface area contributed by atoms with Gasteiger partial charge < -0.3 is 10.6 Å². The monoisotopic (exact) mass is 532 g/mol. The van der Waals surface area contributed by atoms with Gasteiger partial charge in [-0.2, -0.15) is 0 Å². The van der Waals surface area contributed by atoms with Crippen molar-refractivity contribution < 1.29 is 12.8 Å². The van der Waals surface area contributed by atoms with Gasteiger partial charge in [-0.15, -0.1) is 24.0 Å². The predicted octanol–water partition coefficient (Wildman–Crippen LogP) is 2.81. The average molecular weight is 532 g/mol. The van der Waals surface area contributed by atoms with E-state index >= 15 is 0 Å². The van der Waals surface area contributed by atoms with Crippen LogP contribution in [0.15, 0.2) is 47.5 Å². The van der Waals surface area contributed by atoms with E-state index in [4.69, 9.17) is 0 Å². The van der Waals surface area contributed by atoms with Gasteiger partial charge in [0, 0.05) is 26.7 Å². The summed E-state index contributed by atoms with van der Waals surface area (Å²) in [4.78, 5) is 4.11. The zero-order valence-electron chi connectivity index (χ0n) is 16.5. The van der Waals surface area contributed by atoms with Gasteiger partial charge in [-0.3, -0.25) is 9.30 Å². The molecule has 0 aliphatic carbocycles. The van der Waals surface area contributed by atoms with E-state index in [0.717, 1.165) is 23.2 Å². The highest BCUT2D eigenvalue weighted by Gasteiger charge is 2.28. The molecule has 0 atom stereocenters. The molecular weight excluding hydrogens is 506 g/mol. The Bertz CT molecular complexity index is 982. The fraction of sp³-hybridized carbons (Fsp3) is 0.350. The van der Waals surface area contributed by atoms with Crippen molar-refractivity contribution in [3.05, 3.63) is 65.0 Å². The molecule has 0 saturated carbocycles. The second-order valence-corrected chi connectivity index (χ2v) is 8.72. The number of guanidine groups is 1. The summed E-state index contributed by atoms with van der Waals surface area (Å²) in [7, 11) is -1.79. The lowest BCUT2D eigenvalue weighted by molar-refractivity contribution is 0.591. The Hall–Kier alpha value is -1.88. The highest BCUT2D eigenvalue weighted by atomic mass is 127. The zero-order valence-corrected chi connectivity index (χ0v) is 19.6. The van der Waals surface area contributed by atoms with E-state index in [1.807, 2.05) is 24.3 Å². The number of aryl methyl sites for hydroxylation is 1. The highest BCUT2D eigenvalue weighted by Crippen LogP contribution is 2.29. The molecule has 9 heteroatoms. The van der Waals surface area contributed by atoms with Crippen LogP contribution in [0.5, 0.6) is 0 Å². The van der Waals surface area contributed by atoms with Gasteiger partial charge in [0.15, 0.2) is 5.96 Å². The summed E-state index contributed by atoms with van der Waals surface area (Å²) >= 11 is 0. The first-order valence-corrected chi connectivity index (χ1v) is 10.8. The molecule has 29 heavy (non-hydrogen) atoms. The maximum absolute atomic E-state index is 13.3. The third kappa shape index (κ3) is 5.81. The molecule has 0 bridgehead atoms. The summed E-state index contributed by atoms with van der Waals surface area (Å²) in [6, 6.07) is 12.5. The van der Waals surface area contributed by atoms with Crippen molar-refractivity contribution in [1.82, 2.24) is 10.6 Å². The van der Waals surface area contributed by atoms with Crippen molar-refractivity contribution >= 4 is 45.6 Å². The van der Waals surface area contributed by atoms with Gasteiger partial charge in [-0.05, 0) is 42.2 Å². The van der Waals surface area contributed by atoms with Crippen LogP contribution in [-0.4, -0.2) is 40.3 Å². The van der Waals surface area contributed by atoms with Crippen LogP contribution >= 0.6 is 24.0 Å². The number of halogens is 2. The number of benzene rings is 2. The molecule has 1 aliphatic heterocycles. The van der Waals surface area contributed by atoms with E-state index in [-0.39, 0.29) is 42.1 Å². The van der Waals surface area contributed by atoms with Crippen molar-refractivity contribution in [2.75, 3.05) is 30.2 Å². The molecule has 2 aromatic carbocycles. The minimum atomic E-state index is -3.41. The van der Waals surface area contributed by atoms with Gasteiger partial charge in [0.1, 0.15) is 5.82 Å². The molecule has 2 aromatic rings. The number of nitrogens with zero attached hydrogens (tertiary/aromatic N) is 2. The van der Waals surface area contributed by atoms with E-state index in [1.54, 1.807) is 26.1 Å². The zero-order chi connectivity index (χ0) is 20.1. The lowest BCUT2D eigenvalue weighted by Crippen LogP contribution is -2.41. The number of rotatable bonds is 6. The molecule has 158 valence electrons. The maximum atomic E-state index is 13.3. The number of nitrogens with one attached hydrogen (secondary N) is 2. The van der Waals surface area contributed by atoms with Crippen molar-refractivity contribution in [3.8, 4) is 0 Å². The normalized spacial score (nSPS) is 13.6. The van der Waals surface area contributed by atoms with E-state index < -0.39 is 10.0 Å². The lowest BCUT2D eigenvalue weighted by Gasteiger charge is -2.20. The molecule has 0 unspecified atom stereocenters. The van der Waals surface area contributed by atoms with Crippen molar-refractivity contribution in [1.29, 1.82) is 0 Å². The summed E-state index contributed by atoms with van der Waals surface area (Å²) in [5.41, 5.74) is 3.34. The molecule has 0 amide bonds. The summed E-state index contributed by atoms with van der Waals surface area (Å²) in [6.07, 6.45) is 0.739. The van der Waals surface area contributed by atoms with E-state index in [9.17, 15) is 12.8 Å². The topological polar surface area (TPSA) is 73.8 Å². The molecule has 0 spiro atoms. The molecular formula is C20H26FIN4O2S. The number of sulfonamides is 1.